The third-order valence-electron chi connectivity index (χ3n) is 3.53. The first kappa shape index (κ1) is 13.8. The van der Waals surface area contributed by atoms with E-state index in [0.29, 0.717) is 6.04 Å². The molecule has 0 amide bonds. The molecule has 104 valence electrons. The Kier molecular flexibility index (Phi) is 4.37. The number of hydrogen-bond donors (Lipinski definition) is 1. The van der Waals surface area contributed by atoms with Gasteiger partial charge in [-0.25, -0.2) is 0 Å². The van der Waals surface area contributed by atoms with Gasteiger partial charge in [-0.3, -0.25) is 10.1 Å². The third-order valence-corrected chi connectivity index (χ3v) is 3.53. The second-order valence-corrected chi connectivity index (χ2v) is 5.12. The van der Waals surface area contributed by atoms with E-state index in [0.717, 1.165) is 43.7 Å². The van der Waals surface area contributed by atoms with Crippen LogP contribution in [0.4, 0.5) is 11.4 Å². The predicted molar refractivity (Wildman–Crippen MR) is 76.7 cm³/mol. The van der Waals surface area contributed by atoms with Gasteiger partial charge in [-0.2, -0.15) is 0 Å². The summed E-state index contributed by atoms with van der Waals surface area (Å²) in [7, 11) is 0. The SMILES string of the molecule is CCCN(c1cc(C)cc([N+](=O)[O-])c1)C1CCNC1. The number of nitrogens with one attached hydrogen (secondary N) is 1. The second-order valence-electron chi connectivity index (χ2n) is 5.12. The van der Waals surface area contributed by atoms with E-state index in [2.05, 4.69) is 17.1 Å². The fraction of sp³-hybridized carbons (Fsp3) is 0.571. The summed E-state index contributed by atoms with van der Waals surface area (Å²) in [6, 6.07) is 5.81. The summed E-state index contributed by atoms with van der Waals surface area (Å²) in [6.45, 7) is 6.97. The molecular formula is C14H21N3O2. The van der Waals surface area contributed by atoms with Crippen LogP contribution in [-0.4, -0.2) is 30.6 Å². The van der Waals surface area contributed by atoms with Gasteiger partial charge in [0.2, 0.25) is 0 Å². The first-order chi connectivity index (χ1) is 9.11. The maximum Gasteiger partial charge on any atom is 0.271 e. The zero-order valence-corrected chi connectivity index (χ0v) is 11.6. The fourth-order valence-electron chi connectivity index (χ4n) is 2.68. The van der Waals surface area contributed by atoms with Gasteiger partial charge >= 0.3 is 0 Å². The molecule has 1 aromatic carbocycles. The molecule has 2 rings (SSSR count). The number of benzene rings is 1. The van der Waals surface area contributed by atoms with Crippen molar-refractivity contribution in [3.8, 4) is 0 Å². The molecule has 1 atom stereocenters. The lowest BCUT2D eigenvalue weighted by Crippen LogP contribution is -2.37. The minimum atomic E-state index is -0.312. The van der Waals surface area contributed by atoms with Crippen LogP contribution in [0.5, 0.6) is 0 Å². The molecule has 0 spiro atoms. The van der Waals surface area contributed by atoms with Crippen LogP contribution in [0.1, 0.15) is 25.3 Å². The van der Waals surface area contributed by atoms with Gasteiger partial charge in [-0.05, 0) is 37.9 Å². The third kappa shape index (κ3) is 3.23. The molecule has 0 aromatic heterocycles. The van der Waals surface area contributed by atoms with Crippen LogP contribution in [0.2, 0.25) is 0 Å². The van der Waals surface area contributed by atoms with Crippen molar-refractivity contribution in [2.75, 3.05) is 24.5 Å². The molecule has 1 aromatic rings. The van der Waals surface area contributed by atoms with Crippen molar-refractivity contribution in [3.05, 3.63) is 33.9 Å². The Morgan fingerprint density at radius 1 is 1.47 bits per heavy atom. The van der Waals surface area contributed by atoms with Crippen LogP contribution in [0.25, 0.3) is 0 Å². The van der Waals surface area contributed by atoms with E-state index in [-0.39, 0.29) is 10.6 Å². The Hall–Kier alpha value is -1.62. The van der Waals surface area contributed by atoms with Crippen molar-refractivity contribution >= 4 is 11.4 Å². The maximum atomic E-state index is 11.0. The zero-order valence-electron chi connectivity index (χ0n) is 11.6. The number of nitro groups is 1. The number of nitro benzene ring substituents is 1. The topological polar surface area (TPSA) is 58.4 Å². The van der Waals surface area contributed by atoms with Gasteiger partial charge in [0, 0.05) is 37.0 Å². The Morgan fingerprint density at radius 2 is 2.26 bits per heavy atom. The number of non-ortho nitro benzene ring substituents is 1. The predicted octanol–water partition coefficient (Wildman–Crippen LogP) is 2.48. The molecule has 19 heavy (non-hydrogen) atoms. The monoisotopic (exact) mass is 263 g/mol. The van der Waals surface area contributed by atoms with Crippen molar-refractivity contribution < 1.29 is 4.92 Å². The smallest absolute Gasteiger partial charge is 0.271 e. The molecule has 1 N–H and O–H groups in total. The van der Waals surface area contributed by atoms with E-state index in [4.69, 9.17) is 0 Å². The molecule has 1 saturated heterocycles. The van der Waals surface area contributed by atoms with E-state index in [1.54, 1.807) is 12.1 Å². The molecule has 5 heteroatoms. The molecule has 0 bridgehead atoms. The molecule has 1 aliphatic rings. The molecule has 0 radical (unpaired) electrons. The molecule has 1 fully saturated rings. The minimum absolute atomic E-state index is 0.182. The average Bonchev–Trinajstić information content (AvgIpc) is 2.88. The first-order valence-corrected chi connectivity index (χ1v) is 6.85. The lowest BCUT2D eigenvalue weighted by atomic mass is 10.1. The van der Waals surface area contributed by atoms with Crippen LogP contribution in [0, 0.1) is 17.0 Å². The Balaban J connectivity index is 2.32. The average molecular weight is 263 g/mol. The van der Waals surface area contributed by atoms with Gasteiger partial charge in [0.1, 0.15) is 0 Å². The number of anilines is 1. The normalized spacial score (nSPS) is 18.5. The molecular weight excluding hydrogens is 242 g/mol. The number of hydrogen-bond acceptors (Lipinski definition) is 4. The van der Waals surface area contributed by atoms with Crippen molar-refractivity contribution in [2.24, 2.45) is 0 Å². The standard InChI is InChI=1S/C14H21N3O2/c1-3-6-16(12-4-5-15-10-12)13-7-11(2)8-14(9-13)17(18)19/h7-9,12,15H,3-6,10H2,1-2H3. The summed E-state index contributed by atoms with van der Waals surface area (Å²) in [5.41, 5.74) is 2.10. The van der Waals surface area contributed by atoms with Gasteiger partial charge in [0.15, 0.2) is 0 Å². The van der Waals surface area contributed by atoms with Crippen LogP contribution >= 0.6 is 0 Å². The molecule has 1 unspecified atom stereocenters. The molecule has 1 heterocycles. The van der Waals surface area contributed by atoms with Crippen molar-refractivity contribution in [2.45, 2.75) is 32.7 Å². The quantitative estimate of drug-likeness (QED) is 0.655. The summed E-state index contributed by atoms with van der Waals surface area (Å²) >= 11 is 0. The van der Waals surface area contributed by atoms with Gasteiger partial charge < -0.3 is 10.2 Å². The Labute approximate surface area is 113 Å². The van der Waals surface area contributed by atoms with Crippen molar-refractivity contribution in [1.82, 2.24) is 5.32 Å². The Bertz CT molecular complexity index is 456. The molecule has 1 aliphatic heterocycles. The first-order valence-electron chi connectivity index (χ1n) is 6.85. The summed E-state index contributed by atoms with van der Waals surface area (Å²) in [5.74, 6) is 0. The maximum absolute atomic E-state index is 11.0. The lowest BCUT2D eigenvalue weighted by Gasteiger charge is -2.30. The largest absolute Gasteiger partial charge is 0.367 e. The minimum Gasteiger partial charge on any atom is -0.367 e. The highest BCUT2D eigenvalue weighted by Crippen LogP contribution is 2.27. The van der Waals surface area contributed by atoms with Crippen LogP contribution in [-0.2, 0) is 0 Å². The fourth-order valence-corrected chi connectivity index (χ4v) is 2.68. The van der Waals surface area contributed by atoms with E-state index in [1.165, 1.54) is 0 Å². The highest BCUT2D eigenvalue weighted by atomic mass is 16.6. The molecule has 0 saturated carbocycles. The van der Waals surface area contributed by atoms with Gasteiger partial charge in [0.25, 0.3) is 5.69 Å². The molecule has 5 nitrogen and oxygen atoms in total. The van der Waals surface area contributed by atoms with Crippen LogP contribution < -0.4 is 10.2 Å². The van der Waals surface area contributed by atoms with E-state index in [1.807, 2.05) is 13.0 Å². The number of aryl methyl sites for hydroxylation is 1. The second kappa shape index (κ2) is 6.02. The Morgan fingerprint density at radius 3 is 2.84 bits per heavy atom. The van der Waals surface area contributed by atoms with E-state index < -0.39 is 0 Å². The van der Waals surface area contributed by atoms with Crippen molar-refractivity contribution in [1.29, 1.82) is 0 Å². The summed E-state index contributed by atoms with van der Waals surface area (Å²) in [5, 5.41) is 14.3. The van der Waals surface area contributed by atoms with Gasteiger partial charge in [-0.1, -0.05) is 6.92 Å². The molecule has 0 aliphatic carbocycles. The summed E-state index contributed by atoms with van der Waals surface area (Å²) < 4.78 is 0. The highest BCUT2D eigenvalue weighted by molar-refractivity contribution is 5.56. The summed E-state index contributed by atoms with van der Waals surface area (Å²) in [4.78, 5) is 13.0. The van der Waals surface area contributed by atoms with Crippen molar-refractivity contribution in [3.63, 3.8) is 0 Å². The van der Waals surface area contributed by atoms with Crippen LogP contribution in [0.15, 0.2) is 18.2 Å². The van der Waals surface area contributed by atoms with Gasteiger partial charge in [-0.15, -0.1) is 0 Å². The van der Waals surface area contributed by atoms with E-state index >= 15 is 0 Å². The summed E-state index contributed by atoms with van der Waals surface area (Å²) in [6.07, 6.45) is 2.14. The van der Waals surface area contributed by atoms with E-state index in [9.17, 15) is 10.1 Å². The lowest BCUT2D eigenvalue weighted by molar-refractivity contribution is -0.384. The highest BCUT2D eigenvalue weighted by Gasteiger charge is 2.23. The van der Waals surface area contributed by atoms with Gasteiger partial charge in [0.05, 0.1) is 4.92 Å². The number of rotatable bonds is 5. The number of nitrogens with zero attached hydrogens (tertiary/aromatic N) is 2. The zero-order chi connectivity index (χ0) is 13.8. The van der Waals surface area contributed by atoms with Crippen LogP contribution in [0.3, 0.4) is 0 Å².